The van der Waals surface area contributed by atoms with Crippen LogP contribution in [0.4, 0.5) is 23.7 Å². The summed E-state index contributed by atoms with van der Waals surface area (Å²) in [4.78, 5) is 26.4. The van der Waals surface area contributed by atoms with Gasteiger partial charge in [-0.3, -0.25) is 10.1 Å². The number of hydrogen-bond acceptors (Lipinski definition) is 6. The molecule has 7 nitrogen and oxygen atoms in total. The first kappa shape index (κ1) is 22.9. The predicted octanol–water partition coefficient (Wildman–Crippen LogP) is 7.13. The number of thiazole rings is 1. The summed E-state index contributed by atoms with van der Waals surface area (Å²) in [7, 11) is 0. The number of halogens is 3. The molecule has 0 aliphatic heterocycles. The quantitative estimate of drug-likeness (QED) is 0.139. The highest BCUT2D eigenvalue weighted by molar-refractivity contribution is 7.13. The molecule has 0 saturated heterocycles. The summed E-state index contributed by atoms with van der Waals surface area (Å²) in [6.07, 6.45) is -6.19. The van der Waals surface area contributed by atoms with Crippen LogP contribution >= 0.6 is 11.3 Å². The number of carboxylic acid groups (broad SMARTS) is 1. The number of ether oxygens (including phenoxy) is 1. The van der Waals surface area contributed by atoms with E-state index in [4.69, 9.17) is 9.84 Å². The maximum absolute atomic E-state index is 13.4. The Labute approximate surface area is 193 Å². The Morgan fingerprint density at radius 2 is 1.68 bits per heavy atom. The Bertz CT molecular complexity index is 1400. The van der Waals surface area contributed by atoms with Gasteiger partial charge in [0.15, 0.2) is 0 Å². The lowest BCUT2D eigenvalue weighted by Gasteiger charge is -2.11. The molecule has 1 N–H and O–H groups in total. The molecule has 0 aliphatic rings. The molecule has 1 aromatic heterocycles. The SMILES string of the molecule is O=C(O)Oc1cc(-c2nc(-c3ccccc3C(F)(F)F)cs2)ccc1-c1ccccc1[N+](=O)[O-]. The van der Waals surface area contributed by atoms with E-state index in [2.05, 4.69) is 4.98 Å². The molecular weight excluding hydrogens is 473 g/mol. The topological polar surface area (TPSA) is 103 Å². The second-order valence-electron chi connectivity index (χ2n) is 6.93. The van der Waals surface area contributed by atoms with Crippen LogP contribution in [0.2, 0.25) is 0 Å². The zero-order valence-electron chi connectivity index (χ0n) is 16.9. The molecule has 0 radical (unpaired) electrons. The van der Waals surface area contributed by atoms with Gasteiger partial charge >= 0.3 is 12.3 Å². The standard InChI is InChI=1S/C23H13F3N2O5S/c24-23(25,26)17-7-3-1-6-16(17)18-12-34-21(27-18)13-9-10-15(20(11-13)33-22(29)30)14-5-2-4-8-19(14)28(31)32/h1-12H,(H,29,30). The minimum atomic E-state index is -4.56. The van der Waals surface area contributed by atoms with Crippen molar-refractivity contribution in [3.8, 4) is 38.7 Å². The van der Waals surface area contributed by atoms with Crippen molar-refractivity contribution >= 4 is 23.2 Å². The highest BCUT2D eigenvalue weighted by atomic mass is 32.1. The molecule has 4 aromatic rings. The summed E-state index contributed by atoms with van der Waals surface area (Å²) in [5.41, 5.74) is -0.363. The molecular formula is C23H13F3N2O5S. The summed E-state index contributed by atoms with van der Waals surface area (Å²) in [6, 6.07) is 15.1. The molecule has 0 fully saturated rings. The van der Waals surface area contributed by atoms with Crippen LogP contribution in [0.25, 0.3) is 33.0 Å². The van der Waals surface area contributed by atoms with Gasteiger partial charge in [-0.15, -0.1) is 11.3 Å². The van der Waals surface area contributed by atoms with Crippen molar-refractivity contribution < 1.29 is 32.7 Å². The average molecular weight is 486 g/mol. The van der Waals surface area contributed by atoms with E-state index in [0.717, 1.165) is 17.4 Å². The van der Waals surface area contributed by atoms with Crippen molar-refractivity contribution in [2.45, 2.75) is 6.18 Å². The summed E-state index contributed by atoms with van der Waals surface area (Å²) in [5, 5.41) is 22.4. The molecule has 11 heteroatoms. The molecule has 34 heavy (non-hydrogen) atoms. The van der Waals surface area contributed by atoms with E-state index in [-0.39, 0.29) is 33.8 Å². The first-order chi connectivity index (χ1) is 16.1. The number of aromatic nitrogens is 1. The predicted molar refractivity (Wildman–Crippen MR) is 119 cm³/mol. The second kappa shape index (κ2) is 8.94. The van der Waals surface area contributed by atoms with E-state index in [9.17, 15) is 28.1 Å². The van der Waals surface area contributed by atoms with Crippen molar-refractivity contribution in [1.29, 1.82) is 0 Å². The van der Waals surface area contributed by atoms with Crippen molar-refractivity contribution in [2.75, 3.05) is 0 Å². The van der Waals surface area contributed by atoms with Crippen LogP contribution in [0.15, 0.2) is 72.1 Å². The van der Waals surface area contributed by atoms with E-state index >= 15 is 0 Å². The lowest BCUT2D eigenvalue weighted by atomic mass is 10.0. The Balaban J connectivity index is 1.79. The number of alkyl halides is 3. The van der Waals surface area contributed by atoms with Crippen molar-refractivity contribution in [2.24, 2.45) is 0 Å². The minimum absolute atomic E-state index is 0.0870. The van der Waals surface area contributed by atoms with E-state index in [1.165, 1.54) is 53.9 Å². The number of nitrogens with zero attached hydrogens (tertiary/aromatic N) is 2. The molecule has 0 aliphatic carbocycles. The van der Waals surface area contributed by atoms with Gasteiger partial charge in [0.25, 0.3) is 5.69 Å². The summed E-state index contributed by atoms with van der Waals surface area (Å²) >= 11 is 1.06. The Morgan fingerprint density at radius 1 is 1.00 bits per heavy atom. The van der Waals surface area contributed by atoms with Gasteiger partial charge in [-0.1, -0.05) is 36.4 Å². The molecule has 172 valence electrons. The van der Waals surface area contributed by atoms with Crippen LogP contribution in [0.1, 0.15) is 5.56 Å². The van der Waals surface area contributed by atoms with Gasteiger partial charge in [0.1, 0.15) is 10.8 Å². The maximum Gasteiger partial charge on any atom is 0.511 e. The number of nitro benzene ring substituents is 1. The molecule has 0 saturated carbocycles. The van der Waals surface area contributed by atoms with Crippen molar-refractivity contribution in [1.82, 2.24) is 4.98 Å². The highest BCUT2D eigenvalue weighted by Gasteiger charge is 2.34. The molecule has 1 heterocycles. The average Bonchev–Trinajstić information content (AvgIpc) is 3.28. The third kappa shape index (κ3) is 4.59. The number of benzene rings is 3. The number of carbonyl (C=O) groups is 1. The Kier molecular flexibility index (Phi) is 6.03. The van der Waals surface area contributed by atoms with Gasteiger partial charge in [0.05, 0.1) is 21.7 Å². The van der Waals surface area contributed by atoms with Gasteiger partial charge in [0, 0.05) is 28.1 Å². The first-order valence-electron chi connectivity index (χ1n) is 9.56. The summed E-state index contributed by atoms with van der Waals surface area (Å²) in [6.45, 7) is 0. The lowest BCUT2D eigenvalue weighted by Crippen LogP contribution is -2.06. The number of rotatable bonds is 5. The van der Waals surface area contributed by atoms with E-state index < -0.39 is 22.8 Å². The van der Waals surface area contributed by atoms with Crippen LogP contribution in [0.5, 0.6) is 5.75 Å². The Morgan fingerprint density at radius 3 is 2.35 bits per heavy atom. The minimum Gasteiger partial charge on any atom is -0.449 e. The third-order valence-corrected chi connectivity index (χ3v) is 5.72. The van der Waals surface area contributed by atoms with Gasteiger partial charge in [-0.25, -0.2) is 9.78 Å². The molecule has 0 atom stereocenters. The fourth-order valence-corrected chi connectivity index (χ4v) is 4.22. The molecule has 0 bridgehead atoms. The number of para-hydroxylation sites is 1. The number of hydrogen-bond donors (Lipinski definition) is 1. The number of nitro groups is 1. The fourth-order valence-electron chi connectivity index (χ4n) is 3.40. The van der Waals surface area contributed by atoms with Crippen LogP contribution < -0.4 is 4.74 Å². The van der Waals surface area contributed by atoms with Crippen LogP contribution in [-0.4, -0.2) is 21.2 Å². The highest BCUT2D eigenvalue weighted by Crippen LogP contribution is 2.41. The normalized spacial score (nSPS) is 11.3. The van der Waals surface area contributed by atoms with Gasteiger partial charge in [-0.2, -0.15) is 13.2 Å². The zero-order chi connectivity index (χ0) is 24.5. The van der Waals surface area contributed by atoms with Gasteiger partial charge in [-0.05, 0) is 24.3 Å². The first-order valence-corrected chi connectivity index (χ1v) is 10.4. The molecule has 0 unspecified atom stereocenters. The zero-order valence-corrected chi connectivity index (χ0v) is 17.8. The summed E-state index contributed by atoms with van der Waals surface area (Å²) < 4.78 is 45.0. The van der Waals surface area contributed by atoms with Crippen molar-refractivity contribution in [3.05, 3.63) is 87.8 Å². The van der Waals surface area contributed by atoms with E-state index in [1.807, 2.05) is 0 Å². The molecule has 3 aromatic carbocycles. The lowest BCUT2D eigenvalue weighted by molar-refractivity contribution is -0.384. The van der Waals surface area contributed by atoms with Crippen LogP contribution in [0.3, 0.4) is 0 Å². The second-order valence-corrected chi connectivity index (χ2v) is 7.79. The third-order valence-electron chi connectivity index (χ3n) is 4.83. The fraction of sp³-hybridized carbons (Fsp3) is 0.0435. The van der Waals surface area contributed by atoms with Gasteiger partial charge in [0.2, 0.25) is 0 Å². The van der Waals surface area contributed by atoms with Crippen LogP contribution in [-0.2, 0) is 6.18 Å². The van der Waals surface area contributed by atoms with Crippen molar-refractivity contribution in [3.63, 3.8) is 0 Å². The van der Waals surface area contributed by atoms with E-state index in [0.29, 0.717) is 10.6 Å². The monoisotopic (exact) mass is 486 g/mol. The smallest absolute Gasteiger partial charge is 0.449 e. The van der Waals surface area contributed by atoms with Crippen LogP contribution in [0, 0.1) is 10.1 Å². The molecule has 4 rings (SSSR count). The largest absolute Gasteiger partial charge is 0.511 e. The Hall–Kier alpha value is -4.25. The maximum atomic E-state index is 13.4. The summed E-state index contributed by atoms with van der Waals surface area (Å²) in [5.74, 6) is -0.174. The molecule has 0 spiro atoms. The molecule has 0 amide bonds. The van der Waals surface area contributed by atoms with Gasteiger partial charge < -0.3 is 9.84 Å². The van der Waals surface area contributed by atoms with E-state index in [1.54, 1.807) is 12.1 Å².